The van der Waals surface area contributed by atoms with E-state index in [1.807, 2.05) is 5.32 Å². The van der Waals surface area contributed by atoms with Gasteiger partial charge in [0.25, 0.3) is 0 Å². The molecule has 0 aromatic heterocycles. The number of hydrogen-bond acceptors (Lipinski definition) is 6. The lowest BCUT2D eigenvalue weighted by Crippen LogP contribution is -2.60. The summed E-state index contributed by atoms with van der Waals surface area (Å²) in [5.74, 6) is -1.75. The predicted molar refractivity (Wildman–Crippen MR) is 80.0 cm³/mol. The van der Waals surface area contributed by atoms with Crippen LogP contribution in [-0.4, -0.2) is 34.3 Å². The molecule has 0 saturated carbocycles. The van der Waals surface area contributed by atoms with Crippen molar-refractivity contribution in [2.75, 3.05) is 6.54 Å². The van der Waals surface area contributed by atoms with Gasteiger partial charge < -0.3 is 15.6 Å². The fourth-order valence-corrected chi connectivity index (χ4v) is 1.89. The number of alkyl carbamates (subject to hydrolysis) is 1. The minimum Gasteiger partial charge on any atom is -0.474 e. The number of carboxylic acid groups (broad SMARTS) is 1. The zero-order valence-electron chi connectivity index (χ0n) is 12.4. The molecule has 0 aliphatic heterocycles. The van der Waals surface area contributed by atoms with Crippen LogP contribution in [0.15, 0.2) is 30.3 Å². The molecule has 9 heteroatoms. The first-order chi connectivity index (χ1) is 10.9. The highest BCUT2D eigenvalue weighted by atomic mass is 16.6. The Hall–Kier alpha value is -2.68. The van der Waals surface area contributed by atoms with Gasteiger partial charge in [0, 0.05) is 0 Å². The van der Waals surface area contributed by atoms with Gasteiger partial charge in [0.1, 0.15) is 6.61 Å². The number of benzene rings is 1. The van der Waals surface area contributed by atoms with Crippen LogP contribution in [0.2, 0.25) is 0 Å². The summed E-state index contributed by atoms with van der Waals surface area (Å²) >= 11 is 0. The predicted octanol–water partition coefficient (Wildman–Crippen LogP) is 1.10. The lowest BCUT2D eigenvalue weighted by atomic mass is 10.0. The van der Waals surface area contributed by atoms with E-state index in [1.165, 1.54) is 0 Å². The van der Waals surface area contributed by atoms with Gasteiger partial charge in [-0.2, -0.15) is 0 Å². The third kappa shape index (κ3) is 5.22. The Balaban J connectivity index is 2.73. The van der Waals surface area contributed by atoms with E-state index >= 15 is 0 Å². The number of nitro groups is 1. The number of amides is 1. The van der Waals surface area contributed by atoms with Crippen molar-refractivity contribution in [3.63, 3.8) is 0 Å². The minimum absolute atomic E-state index is 0.122. The second kappa shape index (κ2) is 8.69. The summed E-state index contributed by atoms with van der Waals surface area (Å²) in [6.45, 7) is 0.148. The molecule has 0 heterocycles. The molecule has 1 aromatic carbocycles. The molecule has 0 saturated heterocycles. The van der Waals surface area contributed by atoms with E-state index in [2.05, 4.69) is 0 Å². The Labute approximate surface area is 132 Å². The van der Waals surface area contributed by atoms with Crippen LogP contribution in [0.4, 0.5) is 4.79 Å². The Morgan fingerprint density at radius 3 is 2.48 bits per heavy atom. The number of nitrogens with one attached hydrogen (secondary N) is 1. The molecule has 0 spiro atoms. The molecule has 1 aromatic rings. The maximum Gasteiger partial charge on any atom is 0.413 e. The monoisotopic (exact) mass is 325 g/mol. The second-order valence-corrected chi connectivity index (χ2v) is 4.86. The quantitative estimate of drug-likeness (QED) is 0.267. The normalized spacial score (nSPS) is 12.9. The largest absolute Gasteiger partial charge is 0.474 e. The summed E-state index contributed by atoms with van der Waals surface area (Å²) in [7, 11) is 0. The Morgan fingerprint density at radius 1 is 1.30 bits per heavy atom. The third-order valence-electron chi connectivity index (χ3n) is 3.18. The smallest absolute Gasteiger partial charge is 0.413 e. The number of nitrogens with two attached hydrogens (primary N) is 1. The van der Waals surface area contributed by atoms with E-state index < -0.39 is 22.6 Å². The highest BCUT2D eigenvalue weighted by Gasteiger charge is 2.53. The van der Waals surface area contributed by atoms with E-state index in [-0.39, 0.29) is 26.0 Å². The fraction of sp³-hybridized carbons (Fsp3) is 0.429. The van der Waals surface area contributed by atoms with Crippen LogP contribution in [0, 0.1) is 10.1 Å². The lowest BCUT2D eigenvalue weighted by molar-refractivity contribution is -0.561. The molecule has 0 aliphatic carbocycles. The number of carboxylic acids is 1. The first-order valence-corrected chi connectivity index (χ1v) is 6.99. The molecule has 0 fully saturated rings. The number of carbonyl (C=O) groups is 2. The van der Waals surface area contributed by atoms with Crippen molar-refractivity contribution >= 4 is 12.1 Å². The van der Waals surface area contributed by atoms with Gasteiger partial charge in [0.2, 0.25) is 0 Å². The third-order valence-corrected chi connectivity index (χ3v) is 3.18. The summed E-state index contributed by atoms with van der Waals surface area (Å²) in [5.41, 5.74) is 3.35. The van der Waals surface area contributed by atoms with Crippen molar-refractivity contribution in [2.24, 2.45) is 5.73 Å². The Kier molecular flexibility index (Phi) is 6.94. The van der Waals surface area contributed by atoms with Crippen LogP contribution in [0.3, 0.4) is 0 Å². The first kappa shape index (κ1) is 18.4. The molecule has 0 aliphatic rings. The van der Waals surface area contributed by atoms with Gasteiger partial charge in [-0.05, 0) is 24.9 Å². The van der Waals surface area contributed by atoms with Gasteiger partial charge >= 0.3 is 17.7 Å². The van der Waals surface area contributed by atoms with Gasteiger partial charge in [-0.15, -0.1) is 0 Å². The number of unbranched alkanes of at least 4 members (excludes halogenated alkanes) is 1. The summed E-state index contributed by atoms with van der Waals surface area (Å²) in [6.07, 6.45) is -0.958. The lowest BCUT2D eigenvalue weighted by Gasteiger charge is -2.21. The standard InChI is InChI=1S/C14H19N3O6/c15-9-5-4-8-14(12(18)19,17(21)22)16-13(20)23-10-11-6-2-1-3-7-11/h1-3,6-7H,4-5,8-10,15H2,(H,16,20)(H,18,19)/t14-/m1/s1. The summed E-state index contributed by atoms with van der Waals surface area (Å²) in [6, 6.07) is 8.66. The number of carbonyl (C=O) groups excluding carboxylic acids is 1. The van der Waals surface area contributed by atoms with Crippen LogP contribution in [0.25, 0.3) is 0 Å². The van der Waals surface area contributed by atoms with Crippen molar-refractivity contribution in [3.05, 3.63) is 46.0 Å². The van der Waals surface area contributed by atoms with Gasteiger partial charge in [0.15, 0.2) is 0 Å². The highest BCUT2D eigenvalue weighted by molar-refractivity contribution is 5.82. The van der Waals surface area contributed by atoms with Crippen molar-refractivity contribution in [3.8, 4) is 0 Å². The molecule has 0 unspecified atom stereocenters. The minimum atomic E-state index is -2.62. The summed E-state index contributed by atoms with van der Waals surface area (Å²) < 4.78 is 4.85. The summed E-state index contributed by atoms with van der Waals surface area (Å²) in [5, 5.41) is 22.2. The topological polar surface area (TPSA) is 145 Å². The van der Waals surface area contributed by atoms with Crippen molar-refractivity contribution in [1.82, 2.24) is 5.32 Å². The second-order valence-electron chi connectivity index (χ2n) is 4.86. The van der Waals surface area contributed by atoms with Crippen LogP contribution in [0.1, 0.15) is 24.8 Å². The van der Waals surface area contributed by atoms with Gasteiger partial charge in [-0.25, -0.2) is 14.9 Å². The molecular formula is C14H19N3O6. The summed E-state index contributed by atoms with van der Waals surface area (Å²) in [4.78, 5) is 33.2. The molecule has 0 radical (unpaired) electrons. The van der Waals surface area contributed by atoms with E-state index in [9.17, 15) is 24.8 Å². The molecule has 1 amide bonds. The molecule has 126 valence electrons. The molecule has 0 bridgehead atoms. The molecule has 1 atom stereocenters. The average Bonchev–Trinajstić information content (AvgIpc) is 2.52. The van der Waals surface area contributed by atoms with Crippen molar-refractivity contribution in [1.29, 1.82) is 0 Å². The van der Waals surface area contributed by atoms with Gasteiger partial charge in [0.05, 0.1) is 11.3 Å². The van der Waals surface area contributed by atoms with Crippen molar-refractivity contribution in [2.45, 2.75) is 31.5 Å². The van der Waals surface area contributed by atoms with E-state index in [4.69, 9.17) is 10.5 Å². The van der Waals surface area contributed by atoms with E-state index in [1.54, 1.807) is 30.3 Å². The molecule has 1 rings (SSSR count). The Morgan fingerprint density at radius 2 is 1.96 bits per heavy atom. The first-order valence-electron chi connectivity index (χ1n) is 6.99. The van der Waals surface area contributed by atoms with Crippen LogP contribution >= 0.6 is 0 Å². The molecular weight excluding hydrogens is 306 g/mol. The number of aliphatic carboxylic acids is 1. The Bertz CT molecular complexity index is 535. The van der Waals surface area contributed by atoms with Gasteiger partial charge in [-0.3, -0.25) is 10.1 Å². The molecule has 23 heavy (non-hydrogen) atoms. The maximum atomic E-state index is 11.7. The van der Waals surface area contributed by atoms with Crippen LogP contribution in [-0.2, 0) is 16.1 Å². The maximum absolute atomic E-state index is 11.7. The molecule has 4 N–H and O–H groups in total. The fourth-order valence-electron chi connectivity index (χ4n) is 1.89. The highest BCUT2D eigenvalue weighted by Crippen LogP contribution is 2.16. The average molecular weight is 325 g/mol. The SMILES string of the molecule is NCCCC[C@](NC(=O)OCc1ccccc1)(C(=O)O)[N+](=O)[O-]. The number of rotatable bonds is 9. The number of ether oxygens (including phenoxy) is 1. The van der Waals surface area contributed by atoms with Crippen LogP contribution < -0.4 is 11.1 Å². The molecule has 9 nitrogen and oxygen atoms in total. The zero-order valence-corrected chi connectivity index (χ0v) is 12.4. The van der Waals surface area contributed by atoms with Gasteiger partial charge in [-0.1, -0.05) is 30.3 Å². The number of hydrogen-bond donors (Lipinski definition) is 3. The van der Waals surface area contributed by atoms with E-state index in [0.717, 1.165) is 0 Å². The van der Waals surface area contributed by atoms with Crippen LogP contribution in [0.5, 0.6) is 0 Å². The number of nitrogens with zero attached hydrogens (tertiary/aromatic N) is 1. The zero-order chi connectivity index (χ0) is 17.3. The van der Waals surface area contributed by atoms with Crippen molar-refractivity contribution < 1.29 is 24.4 Å². The van der Waals surface area contributed by atoms with E-state index in [0.29, 0.717) is 12.0 Å².